The van der Waals surface area contributed by atoms with Gasteiger partial charge in [0.25, 0.3) is 0 Å². The molecule has 62 heavy (non-hydrogen) atoms. The molecule has 2 aromatic heterocycles. The smallest absolute Gasteiger partial charge is 0.342 e. The summed E-state index contributed by atoms with van der Waals surface area (Å²) < 4.78 is 25.5. The number of esters is 2. The number of carbonyl (C=O) groups is 2. The van der Waals surface area contributed by atoms with Gasteiger partial charge in [0, 0.05) is 10.8 Å². The van der Waals surface area contributed by atoms with E-state index in [4.69, 9.17) is 18.3 Å². The molecule has 0 fully saturated rings. The van der Waals surface area contributed by atoms with Gasteiger partial charge in [-0.15, -0.1) is 0 Å². The molecule has 9 rings (SSSR count). The fraction of sp³-hybridized carbons (Fsp3) is 0.111. The maximum absolute atomic E-state index is 14.3. The highest BCUT2D eigenvalue weighted by Gasteiger charge is 2.49. The predicted octanol–water partition coefficient (Wildman–Crippen LogP) is 10.5. The summed E-state index contributed by atoms with van der Waals surface area (Å²) in [6.07, 6.45) is 0.812. The maximum atomic E-state index is 14.3. The zero-order valence-electron chi connectivity index (χ0n) is 34.6. The molecule has 0 N–H and O–H groups in total. The van der Waals surface area contributed by atoms with Crippen molar-refractivity contribution in [3.05, 3.63) is 217 Å². The molecule has 0 bridgehead atoms. The van der Waals surface area contributed by atoms with Gasteiger partial charge in [-0.3, -0.25) is 0 Å². The number of hydrogen-bond acceptors (Lipinski definition) is 6. The van der Waals surface area contributed by atoms with Crippen LogP contribution in [0.3, 0.4) is 0 Å². The first kappa shape index (κ1) is 40.8. The van der Waals surface area contributed by atoms with E-state index in [2.05, 4.69) is 146 Å². The first-order chi connectivity index (χ1) is 30.5. The van der Waals surface area contributed by atoms with Gasteiger partial charge < -0.3 is 18.3 Å². The van der Waals surface area contributed by atoms with Crippen molar-refractivity contribution in [3.8, 4) is 0 Å². The fourth-order valence-electron chi connectivity index (χ4n) is 8.83. The lowest BCUT2D eigenvalue weighted by molar-refractivity contribution is 0.0516. The third-order valence-corrected chi connectivity index (χ3v) is 20.1. The van der Waals surface area contributed by atoms with Crippen LogP contribution in [0.1, 0.15) is 46.1 Å². The zero-order chi connectivity index (χ0) is 42.5. The number of furan rings is 2. The molecular weight excluding hydrogens is 807 g/mol. The van der Waals surface area contributed by atoms with Crippen molar-refractivity contribution >= 4 is 80.2 Å². The van der Waals surface area contributed by atoms with E-state index in [1.165, 1.54) is 0 Å². The summed E-state index contributed by atoms with van der Waals surface area (Å²) in [5.74, 6) is 0.0621. The summed E-state index contributed by atoms with van der Waals surface area (Å²) in [6, 6.07) is 66.6. The standard InChI is InChI=1S/C54H46O6P2/c1-3-57-53(55)51-45-35-48-46(36-47(45)59-49(51)37-61(39-23-11-5-12-24-39,40-25-13-6-14-26-40)41-27-15-7-16-28-41)52(54(56)58-4-2)50(60-48)38-62(42-29-17-8-18-30-42,43-31-19-9-20-32-43)44-33-21-10-22-34-44/h5-36H,3-4,37-38H2,1-2H3/q+2. The van der Waals surface area contributed by atoms with E-state index in [0.717, 1.165) is 31.8 Å². The Balaban J connectivity index is 1.29. The van der Waals surface area contributed by atoms with E-state index in [1.54, 1.807) is 13.8 Å². The van der Waals surface area contributed by atoms with Gasteiger partial charge in [0.2, 0.25) is 0 Å². The first-order valence-corrected chi connectivity index (χ1v) is 24.9. The Hall–Kier alpha value is -6.58. The van der Waals surface area contributed by atoms with Gasteiger partial charge in [-0.2, -0.15) is 0 Å². The SMILES string of the molecule is CCOC(=O)c1c(C[P+](c2ccccc2)(c2ccccc2)c2ccccc2)oc2cc3c(C(=O)OCC)c(C[P+](c4ccccc4)(c4ccccc4)c4ccccc4)oc3cc12. The summed E-state index contributed by atoms with van der Waals surface area (Å²) in [5.41, 5.74) is 1.62. The highest BCUT2D eigenvalue weighted by atomic mass is 31.2. The second-order valence-electron chi connectivity index (χ2n) is 15.0. The van der Waals surface area contributed by atoms with Gasteiger partial charge in [0.1, 0.15) is 81.0 Å². The lowest BCUT2D eigenvalue weighted by Gasteiger charge is -2.27. The third kappa shape index (κ3) is 7.34. The predicted molar refractivity (Wildman–Crippen MR) is 256 cm³/mol. The van der Waals surface area contributed by atoms with E-state index in [-0.39, 0.29) is 13.2 Å². The Morgan fingerprint density at radius 3 is 0.871 bits per heavy atom. The number of hydrogen-bond donors (Lipinski definition) is 0. The minimum absolute atomic E-state index is 0.186. The van der Waals surface area contributed by atoms with Crippen LogP contribution in [-0.2, 0) is 21.8 Å². The Morgan fingerprint density at radius 2 is 0.645 bits per heavy atom. The van der Waals surface area contributed by atoms with Crippen molar-refractivity contribution in [3.63, 3.8) is 0 Å². The minimum Gasteiger partial charge on any atom is -0.462 e. The second kappa shape index (κ2) is 17.8. The van der Waals surface area contributed by atoms with E-state index >= 15 is 0 Å². The van der Waals surface area contributed by atoms with E-state index in [1.807, 2.05) is 48.5 Å². The van der Waals surface area contributed by atoms with Gasteiger partial charge in [0.05, 0.1) is 13.2 Å². The molecule has 0 amide bonds. The van der Waals surface area contributed by atoms with Gasteiger partial charge in [-0.05, 0) is 98.8 Å². The first-order valence-electron chi connectivity index (χ1n) is 20.9. The molecular formula is C54H46O6P2+2. The molecule has 0 saturated heterocycles. The lowest BCUT2D eigenvalue weighted by atomic mass is 10.1. The Morgan fingerprint density at radius 1 is 0.403 bits per heavy atom. The Labute approximate surface area is 362 Å². The van der Waals surface area contributed by atoms with Crippen LogP contribution in [0.2, 0.25) is 0 Å². The summed E-state index contributed by atoms with van der Waals surface area (Å²) in [5, 5.41) is 8.02. The molecule has 7 aromatic carbocycles. The Bertz CT molecular complexity index is 2550. The summed E-state index contributed by atoms with van der Waals surface area (Å²) >= 11 is 0. The molecule has 0 spiro atoms. The van der Waals surface area contributed by atoms with Crippen LogP contribution < -0.4 is 31.8 Å². The Kier molecular flexibility index (Phi) is 11.7. The largest absolute Gasteiger partial charge is 0.462 e. The van der Waals surface area contributed by atoms with Gasteiger partial charge in [-0.25, -0.2) is 9.59 Å². The third-order valence-electron chi connectivity index (χ3n) is 11.5. The van der Waals surface area contributed by atoms with Crippen LogP contribution in [-0.4, -0.2) is 25.2 Å². The van der Waals surface area contributed by atoms with Crippen molar-refractivity contribution in [1.29, 1.82) is 0 Å². The topological polar surface area (TPSA) is 78.9 Å². The van der Waals surface area contributed by atoms with Crippen molar-refractivity contribution in [2.24, 2.45) is 0 Å². The molecule has 9 aromatic rings. The number of carbonyl (C=O) groups excluding carboxylic acids is 2. The quantitative estimate of drug-likeness (QED) is 0.0801. The van der Waals surface area contributed by atoms with Crippen molar-refractivity contribution in [1.82, 2.24) is 0 Å². The monoisotopic (exact) mass is 852 g/mol. The van der Waals surface area contributed by atoms with Crippen LogP contribution in [0.4, 0.5) is 0 Å². The van der Waals surface area contributed by atoms with Crippen LogP contribution in [0.15, 0.2) is 203 Å². The number of ether oxygens (including phenoxy) is 2. The summed E-state index contributed by atoms with van der Waals surface area (Å²) in [6.45, 7) is 3.98. The minimum atomic E-state index is -2.50. The zero-order valence-corrected chi connectivity index (χ0v) is 36.4. The maximum Gasteiger partial charge on any atom is 0.342 e. The molecule has 0 radical (unpaired) electrons. The normalized spacial score (nSPS) is 11.8. The van der Waals surface area contributed by atoms with Crippen molar-refractivity contribution in [2.75, 3.05) is 13.2 Å². The van der Waals surface area contributed by atoms with E-state index < -0.39 is 26.5 Å². The van der Waals surface area contributed by atoms with E-state index in [0.29, 0.717) is 56.9 Å². The van der Waals surface area contributed by atoms with Crippen LogP contribution in [0.25, 0.3) is 21.9 Å². The molecule has 2 heterocycles. The summed E-state index contributed by atoms with van der Waals surface area (Å²) in [4.78, 5) is 28.7. The van der Waals surface area contributed by atoms with Gasteiger partial charge in [0.15, 0.2) is 11.5 Å². The van der Waals surface area contributed by atoms with Crippen LogP contribution in [0, 0.1) is 0 Å². The number of rotatable bonds is 14. The molecule has 0 atom stereocenters. The highest BCUT2D eigenvalue weighted by molar-refractivity contribution is 7.95. The van der Waals surface area contributed by atoms with Gasteiger partial charge in [-0.1, -0.05) is 109 Å². The molecule has 306 valence electrons. The lowest BCUT2D eigenvalue weighted by Crippen LogP contribution is -2.32. The van der Waals surface area contributed by atoms with Crippen molar-refractivity contribution in [2.45, 2.75) is 26.2 Å². The van der Waals surface area contributed by atoms with E-state index in [9.17, 15) is 9.59 Å². The molecule has 8 heteroatoms. The van der Waals surface area contributed by atoms with Crippen LogP contribution >= 0.6 is 14.5 Å². The van der Waals surface area contributed by atoms with Crippen LogP contribution in [0.5, 0.6) is 0 Å². The molecule has 6 nitrogen and oxygen atoms in total. The molecule has 0 aliphatic rings. The summed E-state index contributed by atoms with van der Waals surface area (Å²) in [7, 11) is -5.01. The number of fused-ring (bicyclic) bond motifs is 2. The average molecular weight is 853 g/mol. The molecule has 0 saturated carbocycles. The molecule has 0 aliphatic heterocycles. The molecule has 0 unspecified atom stereocenters. The fourth-order valence-corrected chi connectivity index (χ4v) is 17.1. The second-order valence-corrected chi connectivity index (χ2v) is 22.0. The molecule has 0 aliphatic carbocycles. The highest BCUT2D eigenvalue weighted by Crippen LogP contribution is 2.60. The van der Waals surface area contributed by atoms with Crippen molar-refractivity contribution < 1.29 is 27.9 Å². The average Bonchev–Trinajstić information content (AvgIpc) is 3.87. The van der Waals surface area contributed by atoms with Gasteiger partial charge >= 0.3 is 11.9 Å². The number of benzene rings is 7.